The molecular weight excluding hydrogens is 303 g/mol. The van der Waals surface area contributed by atoms with Gasteiger partial charge < -0.3 is 4.52 Å². The summed E-state index contributed by atoms with van der Waals surface area (Å²) < 4.78 is 15.1. The van der Waals surface area contributed by atoms with Gasteiger partial charge in [0.25, 0.3) is 0 Å². The molecule has 5 nitrogen and oxygen atoms in total. The minimum atomic E-state index is -4.55. The molecule has 0 aliphatic heterocycles. The molecule has 0 saturated heterocycles. The van der Waals surface area contributed by atoms with E-state index >= 15 is 0 Å². The summed E-state index contributed by atoms with van der Waals surface area (Å²) in [5, 5.41) is 0. The van der Waals surface area contributed by atoms with Crippen LogP contribution in [0.25, 0.3) is 0 Å². The van der Waals surface area contributed by atoms with Crippen LogP contribution in [0.3, 0.4) is 0 Å². The second-order valence-electron chi connectivity index (χ2n) is 5.40. The maximum Gasteiger partial charge on any atom is 0.524 e. The number of ketones is 1. The molecule has 22 heavy (non-hydrogen) atoms. The molecule has 0 radical (unpaired) electrons. The predicted octanol–water partition coefficient (Wildman–Crippen LogP) is 4.48. The molecule has 124 valence electrons. The Hall–Kier alpha value is -1.16. The van der Waals surface area contributed by atoms with Gasteiger partial charge in [-0.1, -0.05) is 45.4 Å². The predicted molar refractivity (Wildman–Crippen MR) is 86.1 cm³/mol. The molecule has 0 saturated carbocycles. The number of phosphoric acid groups is 1. The summed E-state index contributed by atoms with van der Waals surface area (Å²) in [5.41, 5.74) is 0.545. The van der Waals surface area contributed by atoms with Gasteiger partial charge in [-0.05, 0) is 30.7 Å². The smallest absolute Gasteiger partial charge is 0.404 e. The Morgan fingerprint density at radius 3 is 2.09 bits per heavy atom. The molecule has 0 aliphatic rings. The van der Waals surface area contributed by atoms with Crippen LogP contribution in [-0.4, -0.2) is 15.6 Å². The van der Waals surface area contributed by atoms with Crippen molar-refractivity contribution in [1.82, 2.24) is 0 Å². The number of Topliss-reactive ketones (excluding diaryl/α,β-unsaturated/α-hetero) is 1. The van der Waals surface area contributed by atoms with Crippen LogP contribution in [0.5, 0.6) is 5.75 Å². The number of unbranched alkanes of at least 4 members (excludes halogenated alkanes) is 6. The van der Waals surface area contributed by atoms with Crippen molar-refractivity contribution < 1.29 is 23.7 Å². The van der Waals surface area contributed by atoms with Gasteiger partial charge in [-0.2, -0.15) is 0 Å². The van der Waals surface area contributed by atoms with Crippen LogP contribution in [0.1, 0.15) is 68.6 Å². The van der Waals surface area contributed by atoms with Gasteiger partial charge in [0, 0.05) is 12.0 Å². The molecule has 0 bridgehead atoms. The van der Waals surface area contributed by atoms with Crippen LogP contribution in [0.15, 0.2) is 24.3 Å². The average Bonchev–Trinajstić information content (AvgIpc) is 2.45. The molecule has 2 N–H and O–H groups in total. The first kappa shape index (κ1) is 18.9. The van der Waals surface area contributed by atoms with Crippen LogP contribution in [0, 0.1) is 0 Å². The Bertz CT molecular complexity index is 492. The van der Waals surface area contributed by atoms with Crippen molar-refractivity contribution in [3.63, 3.8) is 0 Å². The normalized spacial score (nSPS) is 11.4. The Morgan fingerprint density at radius 2 is 1.55 bits per heavy atom. The van der Waals surface area contributed by atoms with E-state index in [1.165, 1.54) is 56.4 Å². The minimum Gasteiger partial charge on any atom is -0.404 e. The van der Waals surface area contributed by atoms with Crippen molar-refractivity contribution in [2.75, 3.05) is 0 Å². The fraction of sp³-hybridized carbons (Fsp3) is 0.562. The van der Waals surface area contributed by atoms with Gasteiger partial charge in [0.05, 0.1) is 0 Å². The molecule has 0 aliphatic carbocycles. The van der Waals surface area contributed by atoms with Crippen LogP contribution in [-0.2, 0) is 4.57 Å². The average molecular weight is 328 g/mol. The number of phosphoric ester groups is 1. The fourth-order valence-electron chi connectivity index (χ4n) is 2.23. The van der Waals surface area contributed by atoms with Crippen molar-refractivity contribution in [2.45, 2.75) is 58.3 Å². The van der Waals surface area contributed by atoms with Gasteiger partial charge >= 0.3 is 7.82 Å². The lowest BCUT2D eigenvalue weighted by Gasteiger charge is -2.07. The third-order valence-corrected chi connectivity index (χ3v) is 3.86. The van der Waals surface area contributed by atoms with Crippen LogP contribution in [0.4, 0.5) is 0 Å². The van der Waals surface area contributed by atoms with Gasteiger partial charge in [0.15, 0.2) is 5.78 Å². The zero-order chi connectivity index (χ0) is 16.4. The highest BCUT2D eigenvalue weighted by atomic mass is 31.2. The molecule has 0 atom stereocenters. The van der Waals surface area contributed by atoms with Crippen LogP contribution >= 0.6 is 7.82 Å². The quantitative estimate of drug-likeness (QED) is 0.355. The van der Waals surface area contributed by atoms with E-state index in [9.17, 15) is 9.36 Å². The molecule has 0 spiro atoms. The highest BCUT2D eigenvalue weighted by molar-refractivity contribution is 7.46. The number of hydrogen-bond donors (Lipinski definition) is 2. The third kappa shape index (κ3) is 8.32. The summed E-state index contributed by atoms with van der Waals surface area (Å²) in [6, 6.07) is 5.87. The van der Waals surface area contributed by atoms with Crippen molar-refractivity contribution in [3.05, 3.63) is 29.8 Å². The topological polar surface area (TPSA) is 83.8 Å². The first-order chi connectivity index (χ1) is 10.4. The first-order valence-corrected chi connectivity index (χ1v) is 9.34. The molecule has 1 rings (SSSR count). The van der Waals surface area contributed by atoms with Crippen LogP contribution in [0.2, 0.25) is 0 Å². The SMILES string of the molecule is CCCCCCCCCC(=O)c1ccc(OP(=O)(O)O)cc1. The van der Waals surface area contributed by atoms with E-state index in [0.29, 0.717) is 12.0 Å². The molecule has 0 amide bonds. The Labute approximate surface area is 131 Å². The lowest BCUT2D eigenvalue weighted by molar-refractivity contribution is 0.0979. The van der Waals surface area contributed by atoms with Crippen molar-refractivity contribution in [3.8, 4) is 5.75 Å². The van der Waals surface area contributed by atoms with Crippen molar-refractivity contribution in [1.29, 1.82) is 0 Å². The molecule has 0 aromatic heterocycles. The summed E-state index contributed by atoms with van der Waals surface area (Å²) in [6.07, 6.45) is 8.64. The fourth-order valence-corrected chi connectivity index (χ4v) is 2.62. The lowest BCUT2D eigenvalue weighted by atomic mass is 10.0. The summed E-state index contributed by atoms with van der Waals surface area (Å²) >= 11 is 0. The molecule has 6 heteroatoms. The van der Waals surface area contributed by atoms with Crippen LogP contribution < -0.4 is 4.52 Å². The Kier molecular flexibility index (Phi) is 8.39. The molecular formula is C16H25O5P. The largest absolute Gasteiger partial charge is 0.524 e. The highest BCUT2D eigenvalue weighted by Crippen LogP contribution is 2.37. The van der Waals surface area contributed by atoms with Crippen molar-refractivity contribution in [2.24, 2.45) is 0 Å². The summed E-state index contributed by atoms with van der Waals surface area (Å²) in [5.74, 6) is 0.108. The first-order valence-electron chi connectivity index (χ1n) is 7.81. The molecule has 1 aromatic rings. The Morgan fingerprint density at radius 1 is 1.00 bits per heavy atom. The number of hydrogen-bond acceptors (Lipinski definition) is 3. The summed E-state index contributed by atoms with van der Waals surface area (Å²) in [4.78, 5) is 29.4. The van der Waals surface area contributed by atoms with E-state index in [2.05, 4.69) is 11.4 Å². The third-order valence-electron chi connectivity index (χ3n) is 3.41. The Balaban J connectivity index is 2.29. The summed E-state index contributed by atoms with van der Waals surface area (Å²) in [6.45, 7) is 2.19. The number of rotatable bonds is 11. The standard InChI is InChI=1S/C16H25O5P/c1-2-3-4-5-6-7-8-9-16(17)14-10-12-15(13-11-14)21-22(18,19)20/h10-13H,2-9H2,1H3,(H2,18,19,20). The second kappa shape index (κ2) is 9.78. The van der Waals surface area contributed by atoms with Gasteiger partial charge in [-0.15, -0.1) is 0 Å². The number of benzene rings is 1. The van der Waals surface area contributed by atoms with E-state index in [1.54, 1.807) is 0 Å². The van der Waals surface area contributed by atoms with Gasteiger partial charge in [0.2, 0.25) is 0 Å². The zero-order valence-electron chi connectivity index (χ0n) is 13.0. The molecule has 0 heterocycles. The van der Waals surface area contributed by atoms with E-state index in [0.717, 1.165) is 12.8 Å². The van der Waals surface area contributed by atoms with Gasteiger partial charge in [0.1, 0.15) is 5.75 Å². The van der Waals surface area contributed by atoms with E-state index < -0.39 is 7.82 Å². The number of carbonyl (C=O) groups is 1. The van der Waals surface area contributed by atoms with E-state index in [4.69, 9.17) is 9.79 Å². The zero-order valence-corrected chi connectivity index (χ0v) is 13.9. The van der Waals surface area contributed by atoms with Gasteiger partial charge in [-0.25, -0.2) is 4.57 Å². The maximum absolute atomic E-state index is 12.0. The van der Waals surface area contributed by atoms with Gasteiger partial charge in [-0.3, -0.25) is 14.6 Å². The van der Waals surface area contributed by atoms with E-state index in [1.807, 2.05) is 0 Å². The second-order valence-corrected chi connectivity index (χ2v) is 6.56. The molecule has 0 unspecified atom stereocenters. The summed E-state index contributed by atoms with van der Waals surface area (Å²) in [7, 11) is -4.55. The lowest BCUT2D eigenvalue weighted by Crippen LogP contribution is -1.99. The molecule has 0 fully saturated rings. The minimum absolute atomic E-state index is 0.0521. The van der Waals surface area contributed by atoms with Crippen molar-refractivity contribution >= 4 is 13.6 Å². The monoisotopic (exact) mass is 328 g/mol. The highest BCUT2D eigenvalue weighted by Gasteiger charge is 2.16. The maximum atomic E-state index is 12.0. The molecule has 1 aromatic carbocycles. The number of carbonyl (C=O) groups excluding carboxylic acids is 1. The van der Waals surface area contributed by atoms with E-state index in [-0.39, 0.29) is 11.5 Å².